The smallest absolute Gasteiger partial charge is 0.132 e. The Kier molecular flexibility index (Phi) is 6.51. The molecule has 0 N–H and O–H groups in total. The van der Waals surface area contributed by atoms with Crippen LogP contribution in [0.3, 0.4) is 0 Å². The first-order valence-electron chi connectivity index (χ1n) is 4.81. The van der Waals surface area contributed by atoms with E-state index in [-0.39, 0.29) is 17.8 Å². The third-order valence-corrected chi connectivity index (χ3v) is 2.43. The molecule has 0 bridgehead atoms. The lowest BCUT2D eigenvalue weighted by molar-refractivity contribution is -0.121. The van der Waals surface area contributed by atoms with E-state index in [0.29, 0.717) is 0 Å². The zero-order valence-corrected chi connectivity index (χ0v) is 8.88. The molecule has 0 fully saturated rings. The first-order chi connectivity index (χ1) is 6.15. The summed E-state index contributed by atoms with van der Waals surface area (Å²) >= 11 is 0. The van der Waals surface area contributed by atoms with E-state index >= 15 is 0 Å². The molecule has 0 saturated carbocycles. The van der Waals surface area contributed by atoms with Crippen LogP contribution in [0.4, 0.5) is 0 Å². The number of methoxy groups -OCH3 is 1. The molecule has 2 heteroatoms. The summed E-state index contributed by atoms with van der Waals surface area (Å²) in [6.45, 7) is 7.37. The van der Waals surface area contributed by atoms with Crippen LogP contribution in [0.25, 0.3) is 0 Å². The number of ketones is 1. The monoisotopic (exact) mass is 184 g/mol. The van der Waals surface area contributed by atoms with Gasteiger partial charge in [0.25, 0.3) is 0 Å². The second-order valence-electron chi connectivity index (χ2n) is 3.30. The van der Waals surface area contributed by atoms with Crippen molar-refractivity contribution in [2.75, 3.05) is 7.11 Å². The van der Waals surface area contributed by atoms with E-state index in [1.54, 1.807) is 20.1 Å². The minimum absolute atomic E-state index is 0.0911. The van der Waals surface area contributed by atoms with Crippen LogP contribution in [-0.2, 0) is 9.53 Å². The van der Waals surface area contributed by atoms with Gasteiger partial charge in [-0.25, -0.2) is 0 Å². The molecule has 0 rings (SSSR count). The van der Waals surface area contributed by atoms with Crippen molar-refractivity contribution in [3.63, 3.8) is 0 Å². The molecule has 0 aliphatic rings. The number of carbonyl (C=O) groups is 1. The van der Waals surface area contributed by atoms with Crippen LogP contribution >= 0.6 is 0 Å². The lowest BCUT2D eigenvalue weighted by atomic mass is 9.95. The van der Waals surface area contributed by atoms with E-state index in [4.69, 9.17) is 4.74 Å². The van der Waals surface area contributed by atoms with Crippen molar-refractivity contribution in [2.24, 2.45) is 5.92 Å². The van der Waals surface area contributed by atoms with Crippen molar-refractivity contribution in [3.8, 4) is 0 Å². The Balaban J connectivity index is 3.83. The fourth-order valence-corrected chi connectivity index (χ4v) is 1.39. The molecule has 0 aliphatic heterocycles. The Morgan fingerprint density at radius 3 is 2.46 bits per heavy atom. The number of Topliss-reactive ketones (excluding diaryl/α,β-unsaturated/α-hetero) is 1. The predicted molar refractivity (Wildman–Crippen MR) is 54.7 cm³/mol. The molecule has 0 aromatic rings. The van der Waals surface area contributed by atoms with Crippen molar-refractivity contribution < 1.29 is 9.53 Å². The van der Waals surface area contributed by atoms with Crippen LogP contribution < -0.4 is 0 Å². The van der Waals surface area contributed by atoms with E-state index in [2.05, 4.69) is 6.58 Å². The Hall–Kier alpha value is -0.630. The Bertz CT molecular complexity index is 163. The highest BCUT2D eigenvalue weighted by Gasteiger charge is 2.13. The SMILES string of the molecule is C=CC(CCC(CC)C(C)=O)OC. The molecule has 2 atom stereocenters. The van der Waals surface area contributed by atoms with Crippen LogP contribution in [0.1, 0.15) is 33.1 Å². The van der Waals surface area contributed by atoms with E-state index < -0.39 is 0 Å². The maximum atomic E-state index is 11.1. The molecule has 76 valence electrons. The van der Waals surface area contributed by atoms with Gasteiger partial charge < -0.3 is 4.74 Å². The number of rotatable bonds is 7. The van der Waals surface area contributed by atoms with Gasteiger partial charge in [-0.3, -0.25) is 4.79 Å². The molecule has 0 aliphatic carbocycles. The molecule has 0 aromatic heterocycles. The largest absolute Gasteiger partial charge is 0.377 e. The highest BCUT2D eigenvalue weighted by atomic mass is 16.5. The van der Waals surface area contributed by atoms with Crippen LogP contribution in [0.2, 0.25) is 0 Å². The lowest BCUT2D eigenvalue weighted by Crippen LogP contribution is -2.14. The summed E-state index contributed by atoms with van der Waals surface area (Å²) in [6.07, 6.45) is 4.58. The number of ether oxygens (including phenoxy) is 1. The summed E-state index contributed by atoms with van der Waals surface area (Å²) in [5, 5.41) is 0. The van der Waals surface area contributed by atoms with Crippen molar-refractivity contribution >= 4 is 5.78 Å². The second kappa shape index (κ2) is 6.84. The number of carbonyl (C=O) groups excluding carboxylic acids is 1. The van der Waals surface area contributed by atoms with Crippen LogP contribution in [0, 0.1) is 5.92 Å². The first-order valence-corrected chi connectivity index (χ1v) is 4.81. The molecule has 0 heterocycles. The van der Waals surface area contributed by atoms with Gasteiger partial charge in [0.2, 0.25) is 0 Å². The Morgan fingerprint density at radius 1 is 1.54 bits per heavy atom. The normalized spacial score (nSPS) is 15.0. The summed E-state index contributed by atoms with van der Waals surface area (Å²) in [7, 11) is 1.67. The fraction of sp³-hybridized carbons (Fsp3) is 0.727. The number of hydrogen-bond donors (Lipinski definition) is 0. The molecule has 0 spiro atoms. The summed E-state index contributed by atoms with van der Waals surface area (Å²) < 4.78 is 5.14. The van der Waals surface area contributed by atoms with Crippen LogP contribution in [0.15, 0.2) is 12.7 Å². The highest BCUT2D eigenvalue weighted by molar-refractivity contribution is 5.78. The number of hydrogen-bond acceptors (Lipinski definition) is 2. The highest BCUT2D eigenvalue weighted by Crippen LogP contribution is 2.15. The third kappa shape index (κ3) is 4.83. The minimum atomic E-state index is 0.0911. The third-order valence-electron chi connectivity index (χ3n) is 2.43. The standard InChI is InChI=1S/C11H20O2/c1-5-10(9(3)12)7-8-11(6-2)13-4/h6,10-11H,2,5,7-8H2,1,3-4H3. The molecule has 0 radical (unpaired) electrons. The van der Waals surface area contributed by atoms with Gasteiger partial charge in [-0.2, -0.15) is 0 Å². The van der Waals surface area contributed by atoms with Crippen LogP contribution in [0.5, 0.6) is 0 Å². The van der Waals surface area contributed by atoms with Gasteiger partial charge >= 0.3 is 0 Å². The fourth-order valence-electron chi connectivity index (χ4n) is 1.39. The van der Waals surface area contributed by atoms with Gasteiger partial charge in [-0.1, -0.05) is 13.0 Å². The molecule has 13 heavy (non-hydrogen) atoms. The predicted octanol–water partition coefficient (Wildman–Crippen LogP) is 2.58. The maximum absolute atomic E-state index is 11.1. The average molecular weight is 184 g/mol. The van der Waals surface area contributed by atoms with Crippen molar-refractivity contribution in [1.82, 2.24) is 0 Å². The molecular formula is C11H20O2. The summed E-state index contributed by atoms with van der Waals surface area (Å²) in [4.78, 5) is 11.1. The zero-order valence-electron chi connectivity index (χ0n) is 8.88. The van der Waals surface area contributed by atoms with Gasteiger partial charge in [-0.15, -0.1) is 6.58 Å². The van der Waals surface area contributed by atoms with E-state index in [1.165, 1.54) is 0 Å². The topological polar surface area (TPSA) is 26.3 Å². The summed E-state index contributed by atoms with van der Waals surface area (Å²) in [6, 6.07) is 0. The van der Waals surface area contributed by atoms with Gasteiger partial charge in [0, 0.05) is 13.0 Å². The van der Waals surface area contributed by atoms with E-state index in [1.807, 2.05) is 6.92 Å². The quantitative estimate of drug-likeness (QED) is 0.568. The van der Waals surface area contributed by atoms with Gasteiger partial charge in [0.15, 0.2) is 0 Å². The Labute approximate surface area is 81.0 Å². The first kappa shape index (κ1) is 12.4. The van der Waals surface area contributed by atoms with E-state index in [9.17, 15) is 4.79 Å². The molecular weight excluding hydrogens is 164 g/mol. The molecule has 2 nitrogen and oxygen atoms in total. The van der Waals surface area contributed by atoms with Gasteiger partial charge in [0.05, 0.1) is 6.10 Å². The van der Waals surface area contributed by atoms with Gasteiger partial charge in [-0.05, 0) is 26.2 Å². The lowest BCUT2D eigenvalue weighted by Gasteiger charge is -2.14. The Morgan fingerprint density at radius 2 is 2.15 bits per heavy atom. The summed E-state index contributed by atoms with van der Waals surface area (Å²) in [5.41, 5.74) is 0. The maximum Gasteiger partial charge on any atom is 0.132 e. The molecule has 0 saturated heterocycles. The molecule has 0 amide bonds. The van der Waals surface area contributed by atoms with E-state index in [0.717, 1.165) is 19.3 Å². The molecule has 0 aromatic carbocycles. The van der Waals surface area contributed by atoms with Crippen LogP contribution in [-0.4, -0.2) is 19.0 Å². The second-order valence-corrected chi connectivity index (χ2v) is 3.30. The average Bonchev–Trinajstić information content (AvgIpc) is 2.12. The van der Waals surface area contributed by atoms with Crippen molar-refractivity contribution in [1.29, 1.82) is 0 Å². The molecule has 2 unspecified atom stereocenters. The zero-order chi connectivity index (χ0) is 10.3. The summed E-state index contributed by atoms with van der Waals surface area (Å²) in [5.74, 6) is 0.471. The van der Waals surface area contributed by atoms with Crippen molar-refractivity contribution in [3.05, 3.63) is 12.7 Å². The minimum Gasteiger partial charge on any atom is -0.377 e. The van der Waals surface area contributed by atoms with Gasteiger partial charge in [0.1, 0.15) is 5.78 Å². The van der Waals surface area contributed by atoms with Crippen molar-refractivity contribution in [2.45, 2.75) is 39.2 Å².